The zero-order chi connectivity index (χ0) is 16.7. The molecule has 0 aliphatic carbocycles. The van der Waals surface area contributed by atoms with E-state index in [0.29, 0.717) is 5.56 Å². The summed E-state index contributed by atoms with van der Waals surface area (Å²) in [5.74, 6) is -1.20. The smallest absolute Gasteiger partial charge is 0.271 e. The van der Waals surface area contributed by atoms with Gasteiger partial charge in [0.05, 0.1) is 12.8 Å². The van der Waals surface area contributed by atoms with Crippen molar-refractivity contribution in [3.63, 3.8) is 0 Å². The zero-order valence-corrected chi connectivity index (χ0v) is 11.4. The fraction of sp³-hybridized carbons (Fsp3) is 0.385. The maximum Gasteiger partial charge on any atom is 0.271 e. The Kier molecular flexibility index (Phi) is 6.89. The minimum atomic E-state index is -2.07. The molecule has 0 radical (unpaired) electrons. The van der Waals surface area contributed by atoms with Crippen molar-refractivity contribution in [1.82, 2.24) is 5.43 Å². The molecule has 22 heavy (non-hydrogen) atoms. The van der Waals surface area contributed by atoms with Crippen LogP contribution in [0.1, 0.15) is 5.56 Å². The number of hydrazone groups is 1. The summed E-state index contributed by atoms with van der Waals surface area (Å²) in [6.45, 7) is -0.849. The molecule has 1 aromatic carbocycles. The Balaban J connectivity index is 2.59. The van der Waals surface area contributed by atoms with Crippen LogP contribution in [-0.4, -0.2) is 73.8 Å². The summed E-state index contributed by atoms with van der Waals surface area (Å²) in [5, 5.41) is 59.1. The Labute approximate surface area is 125 Å². The molecule has 0 unspecified atom stereocenters. The van der Waals surface area contributed by atoms with Crippen LogP contribution >= 0.6 is 0 Å². The van der Waals surface area contributed by atoms with Gasteiger partial charge in [-0.25, -0.2) is 5.43 Å². The summed E-state index contributed by atoms with van der Waals surface area (Å²) in [7, 11) is 0. The van der Waals surface area contributed by atoms with Gasteiger partial charge < -0.3 is 30.6 Å². The number of aliphatic hydroxyl groups is 5. The highest BCUT2D eigenvalue weighted by atomic mass is 16.4. The summed E-state index contributed by atoms with van der Waals surface area (Å²) in [5.41, 5.74) is 2.22. The van der Waals surface area contributed by atoms with Crippen LogP contribution in [0.4, 0.5) is 0 Å². The first kappa shape index (κ1) is 18.0. The minimum absolute atomic E-state index is 0.0671. The number of hydrogen-bond donors (Lipinski definition) is 7. The number of aliphatic hydroxyl groups excluding tert-OH is 5. The molecule has 1 rings (SSSR count). The van der Waals surface area contributed by atoms with Crippen molar-refractivity contribution in [2.45, 2.75) is 24.4 Å². The van der Waals surface area contributed by atoms with E-state index in [9.17, 15) is 25.2 Å². The van der Waals surface area contributed by atoms with Crippen molar-refractivity contribution in [3.05, 3.63) is 29.8 Å². The fourth-order valence-corrected chi connectivity index (χ4v) is 1.51. The summed E-state index contributed by atoms with van der Waals surface area (Å²) >= 11 is 0. The lowest BCUT2D eigenvalue weighted by Crippen LogP contribution is -2.50. The lowest BCUT2D eigenvalue weighted by atomic mass is 10.0. The summed E-state index contributed by atoms with van der Waals surface area (Å²) in [4.78, 5) is 11.5. The van der Waals surface area contributed by atoms with Crippen LogP contribution in [0.5, 0.6) is 5.75 Å². The highest BCUT2D eigenvalue weighted by Crippen LogP contribution is 2.12. The predicted molar refractivity (Wildman–Crippen MR) is 75.0 cm³/mol. The number of hydrogen-bond acceptors (Lipinski definition) is 8. The van der Waals surface area contributed by atoms with Gasteiger partial charge in [-0.15, -0.1) is 0 Å². The molecule has 9 heteroatoms. The van der Waals surface area contributed by atoms with E-state index in [2.05, 4.69) is 5.10 Å². The van der Waals surface area contributed by atoms with Crippen molar-refractivity contribution in [2.24, 2.45) is 5.10 Å². The van der Waals surface area contributed by atoms with E-state index in [1.165, 1.54) is 12.1 Å². The molecule has 7 N–H and O–H groups in total. The molecule has 0 aliphatic rings. The van der Waals surface area contributed by atoms with Crippen LogP contribution in [0.2, 0.25) is 0 Å². The van der Waals surface area contributed by atoms with Gasteiger partial charge in [0.2, 0.25) is 0 Å². The van der Waals surface area contributed by atoms with Gasteiger partial charge >= 0.3 is 0 Å². The standard InChI is InChI=1S/C13H18N2O7/c16-6-9(18)10(19)11(20)12(21)13(22)15-14-5-7-3-1-2-4-8(7)17/h1-5,9-12,16-21H,6H2,(H,15,22)/b14-5+/t9-,10-,11-,12-/m1/s1. The molecule has 0 aliphatic heterocycles. The van der Waals surface area contributed by atoms with Gasteiger partial charge in [0.15, 0.2) is 6.10 Å². The van der Waals surface area contributed by atoms with Crippen molar-refractivity contribution in [3.8, 4) is 5.75 Å². The predicted octanol–water partition coefficient (Wildman–Crippen LogP) is -2.72. The maximum absolute atomic E-state index is 11.5. The molecule has 1 amide bonds. The summed E-state index contributed by atoms with van der Waals surface area (Å²) < 4.78 is 0. The average Bonchev–Trinajstić information content (AvgIpc) is 2.53. The minimum Gasteiger partial charge on any atom is -0.507 e. The van der Waals surface area contributed by atoms with Gasteiger partial charge in [-0.1, -0.05) is 12.1 Å². The van der Waals surface area contributed by atoms with Gasteiger partial charge in [-0.3, -0.25) is 4.79 Å². The molecule has 0 spiro atoms. The van der Waals surface area contributed by atoms with Gasteiger partial charge in [0.25, 0.3) is 5.91 Å². The third kappa shape index (κ3) is 4.76. The van der Waals surface area contributed by atoms with Gasteiger partial charge in [-0.2, -0.15) is 5.10 Å². The number of benzene rings is 1. The van der Waals surface area contributed by atoms with E-state index < -0.39 is 36.9 Å². The van der Waals surface area contributed by atoms with Crippen LogP contribution in [-0.2, 0) is 4.79 Å². The molecule has 0 bridgehead atoms. The first-order valence-electron chi connectivity index (χ1n) is 6.32. The van der Waals surface area contributed by atoms with Crippen molar-refractivity contribution >= 4 is 12.1 Å². The van der Waals surface area contributed by atoms with Gasteiger partial charge in [-0.05, 0) is 12.1 Å². The summed E-state index contributed by atoms with van der Waals surface area (Å²) in [6.07, 6.45) is -6.58. The monoisotopic (exact) mass is 314 g/mol. The van der Waals surface area contributed by atoms with E-state index in [1.54, 1.807) is 12.1 Å². The maximum atomic E-state index is 11.5. The van der Waals surface area contributed by atoms with Crippen LogP contribution in [0.25, 0.3) is 0 Å². The second-order valence-corrected chi connectivity index (χ2v) is 4.47. The largest absolute Gasteiger partial charge is 0.507 e. The summed E-state index contributed by atoms with van der Waals surface area (Å²) in [6, 6.07) is 6.17. The second kappa shape index (κ2) is 8.41. The van der Waals surface area contributed by atoms with E-state index in [4.69, 9.17) is 10.2 Å². The Morgan fingerprint density at radius 3 is 2.41 bits per heavy atom. The Morgan fingerprint density at radius 1 is 1.18 bits per heavy atom. The lowest BCUT2D eigenvalue weighted by Gasteiger charge is -2.24. The highest BCUT2D eigenvalue weighted by Gasteiger charge is 2.34. The Morgan fingerprint density at radius 2 is 1.82 bits per heavy atom. The normalized spacial score (nSPS) is 17.0. The zero-order valence-electron chi connectivity index (χ0n) is 11.4. The first-order chi connectivity index (χ1) is 10.4. The number of phenolic OH excluding ortho intramolecular Hbond substituents is 1. The first-order valence-corrected chi connectivity index (χ1v) is 6.32. The lowest BCUT2D eigenvalue weighted by molar-refractivity contribution is -0.148. The van der Waals surface area contributed by atoms with Crippen LogP contribution in [0.3, 0.4) is 0 Å². The molecular formula is C13H18N2O7. The number of phenols is 1. The quantitative estimate of drug-likeness (QED) is 0.212. The Hall–Kier alpha value is -2.04. The molecule has 4 atom stereocenters. The van der Waals surface area contributed by atoms with Crippen molar-refractivity contribution in [1.29, 1.82) is 0 Å². The average molecular weight is 314 g/mol. The van der Waals surface area contributed by atoms with Crippen molar-refractivity contribution in [2.75, 3.05) is 6.61 Å². The molecule has 0 heterocycles. The SMILES string of the molecule is O=C(N/N=C/c1ccccc1O)[C@H](O)[C@H](O)[C@H](O)[C@H](O)CO. The van der Waals surface area contributed by atoms with E-state index in [-0.39, 0.29) is 5.75 Å². The topological polar surface area (TPSA) is 163 Å². The van der Waals surface area contributed by atoms with Crippen LogP contribution in [0, 0.1) is 0 Å². The molecule has 1 aromatic rings. The second-order valence-electron chi connectivity index (χ2n) is 4.47. The Bertz CT molecular complexity index is 523. The van der Waals surface area contributed by atoms with Gasteiger partial charge in [0.1, 0.15) is 24.1 Å². The molecule has 0 fully saturated rings. The van der Waals surface area contributed by atoms with Crippen LogP contribution < -0.4 is 5.43 Å². The van der Waals surface area contributed by atoms with E-state index >= 15 is 0 Å². The van der Waals surface area contributed by atoms with E-state index in [1.807, 2.05) is 5.43 Å². The van der Waals surface area contributed by atoms with Gasteiger partial charge in [0, 0.05) is 5.56 Å². The number of amides is 1. The van der Waals surface area contributed by atoms with E-state index in [0.717, 1.165) is 6.21 Å². The third-order valence-electron chi connectivity index (χ3n) is 2.84. The number of aromatic hydroxyl groups is 1. The number of nitrogens with one attached hydrogen (secondary N) is 1. The molecule has 0 saturated carbocycles. The molecule has 122 valence electrons. The molecule has 0 saturated heterocycles. The molecular weight excluding hydrogens is 296 g/mol. The van der Waals surface area contributed by atoms with Crippen LogP contribution in [0.15, 0.2) is 29.4 Å². The molecule has 0 aromatic heterocycles. The number of nitrogens with zero attached hydrogens (tertiary/aromatic N) is 1. The fourth-order valence-electron chi connectivity index (χ4n) is 1.51. The number of carbonyl (C=O) groups is 1. The number of para-hydroxylation sites is 1. The third-order valence-corrected chi connectivity index (χ3v) is 2.84. The van der Waals surface area contributed by atoms with Crippen molar-refractivity contribution < 1.29 is 35.4 Å². The number of rotatable bonds is 7. The molecule has 9 nitrogen and oxygen atoms in total. The highest BCUT2D eigenvalue weighted by molar-refractivity contribution is 5.86. The number of carbonyl (C=O) groups excluding carboxylic acids is 1.